The van der Waals surface area contributed by atoms with Gasteiger partial charge in [-0.3, -0.25) is 0 Å². The van der Waals surface area contributed by atoms with Crippen LogP contribution >= 0.6 is 0 Å². The Bertz CT molecular complexity index is 1220. The Hall–Kier alpha value is -3.04. The molecule has 1 fully saturated rings. The Kier molecular flexibility index (Phi) is 6.12. The number of sulfonamides is 1. The maximum atomic E-state index is 13.2. The van der Waals surface area contributed by atoms with Crippen molar-refractivity contribution in [3.05, 3.63) is 64.8 Å². The van der Waals surface area contributed by atoms with E-state index in [2.05, 4.69) is 25.4 Å². The highest BCUT2D eigenvalue weighted by atomic mass is 32.2. The highest BCUT2D eigenvalue weighted by Crippen LogP contribution is 2.25. The highest BCUT2D eigenvalue weighted by molar-refractivity contribution is 7.89. The molecule has 2 aromatic heterocycles. The van der Waals surface area contributed by atoms with Crippen LogP contribution in [-0.4, -0.2) is 54.1 Å². The fraction of sp³-hybridized carbons (Fsp3) is 0.348. The molecule has 0 atom stereocenters. The van der Waals surface area contributed by atoms with Gasteiger partial charge in [0.1, 0.15) is 5.82 Å². The van der Waals surface area contributed by atoms with E-state index in [4.69, 9.17) is 0 Å². The molecule has 1 aliphatic heterocycles. The molecule has 1 N–H and O–H groups in total. The molecule has 168 valence electrons. The van der Waals surface area contributed by atoms with Gasteiger partial charge in [-0.15, -0.1) is 10.2 Å². The van der Waals surface area contributed by atoms with Crippen LogP contribution in [0.3, 0.4) is 0 Å². The van der Waals surface area contributed by atoms with Crippen molar-refractivity contribution >= 4 is 27.5 Å². The summed E-state index contributed by atoms with van der Waals surface area (Å²) >= 11 is 0. The molecular formula is C23H28N6O2S. The van der Waals surface area contributed by atoms with Crippen molar-refractivity contribution in [2.45, 2.75) is 32.6 Å². The van der Waals surface area contributed by atoms with Gasteiger partial charge in [0.05, 0.1) is 4.90 Å². The van der Waals surface area contributed by atoms with Crippen LogP contribution in [0.1, 0.15) is 22.4 Å². The molecule has 9 heteroatoms. The van der Waals surface area contributed by atoms with Crippen LogP contribution in [0, 0.1) is 27.7 Å². The molecule has 0 bridgehead atoms. The normalized spacial score (nSPS) is 15.1. The number of aryl methyl sites for hydroxylation is 4. The lowest BCUT2D eigenvalue weighted by atomic mass is 10.1. The first-order valence-corrected chi connectivity index (χ1v) is 12.1. The van der Waals surface area contributed by atoms with Gasteiger partial charge in [0.15, 0.2) is 11.6 Å². The first-order valence-electron chi connectivity index (χ1n) is 10.6. The summed E-state index contributed by atoms with van der Waals surface area (Å²) in [5.74, 6) is 2.05. The van der Waals surface area contributed by atoms with Gasteiger partial charge in [0.25, 0.3) is 0 Å². The van der Waals surface area contributed by atoms with Gasteiger partial charge in [-0.1, -0.05) is 12.1 Å². The lowest BCUT2D eigenvalue weighted by Crippen LogP contribution is -2.49. The number of piperazine rings is 1. The fourth-order valence-corrected chi connectivity index (χ4v) is 5.53. The lowest BCUT2D eigenvalue weighted by Gasteiger charge is -2.34. The Morgan fingerprint density at radius 2 is 1.53 bits per heavy atom. The van der Waals surface area contributed by atoms with Gasteiger partial charge in [-0.2, -0.15) is 4.31 Å². The van der Waals surface area contributed by atoms with Gasteiger partial charge in [-0.05, 0) is 74.7 Å². The molecule has 0 spiro atoms. The average Bonchev–Trinajstić information content (AvgIpc) is 2.77. The second kappa shape index (κ2) is 8.84. The summed E-state index contributed by atoms with van der Waals surface area (Å²) in [6, 6.07) is 13.2. The molecule has 4 rings (SSSR count). The van der Waals surface area contributed by atoms with Crippen molar-refractivity contribution < 1.29 is 8.42 Å². The Morgan fingerprint density at radius 3 is 2.19 bits per heavy atom. The SMILES string of the molecule is Cc1cccc(Nc2ccc(N3CCN(S(=O)(=O)c4cc(C)c(C)cc4C)CC3)nn2)n1. The van der Waals surface area contributed by atoms with E-state index < -0.39 is 10.0 Å². The van der Waals surface area contributed by atoms with Gasteiger partial charge in [-0.25, -0.2) is 13.4 Å². The molecule has 8 nitrogen and oxygen atoms in total. The van der Waals surface area contributed by atoms with Crippen molar-refractivity contribution in [2.75, 3.05) is 36.4 Å². The molecule has 0 unspecified atom stereocenters. The van der Waals surface area contributed by atoms with E-state index in [9.17, 15) is 8.42 Å². The van der Waals surface area contributed by atoms with Crippen LogP contribution in [0.25, 0.3) is 0 Å². The fourth-order valence-electron chi connectivity index (χ4n) is 3.81. The van der Waals surface area contributed by atoms with Crippen molar-refractivity contribution in [1.29, 1.82) is 0 Å². The van der Waals surface area contributed by atoms with E-state index in [-0.39, 0.29) is 0 Å². The molecule has 0 saturated carbocycles. The monoisotopic (exact) mass is 452 g/mol. The van der Waals surface area contributed by atoms with Crippen LogP contribution < -0.4 is 10.2 Å². The Labute approximate surface area is 189 Å². The number of rotatable bonds is 5. The van der Waals surface area contributed by atoms with Crippen LogP contribution in [0.15, 0.2) is 47.4 Å². The summed E-state index contributed by atoms with van der Waals surface area (Å²) in [5, 5.41) is 11.7. The Morgan fingerprint density at radius 1 is 0.812 bits per heavy atom. The molecule has 3 heterocycles. The summed E-state index contributed by atoms with van der Waals surface area (Å²) < 4.78 is 28.0. The van der Waals surface area contributed by atoms with Crippen LogP contribution in [0.5, 0.6) is 0 Å². The zero-order valence-electron chi connectivity index (χ0n) is 18.8. The third-order valence-electron chi connectivity index (χ3n) is 5.77. The molecule has 0 aliphatic carbocycles. The summed E-state index contributed by atoms with van der Waals surface area (Å²) in [6.45, 7) is 9.66. The molecule has 3 aromatic rings. The minimum Gasteiger partial charge on any atom is -0.352 e. The standard InChI is InChI=1S/C23H28N6O2S/c1-16-14-18(3)20(15-17(16)2)32(30,31)29-12-10-28(11-13-29)23-9-8-22(26-27-23)25-21-7-5-6-19(4)24-21/h5-9,14-15H,10-13H2,1-4H3,(H,24,25,26). The van der Waals surface area contributed by atoms with E-state index >= 15 is 0 Å². The van der Waals surface area contributed by atoms with Gasteiger partial charge in [0, 0.05) is 31.9 Å². The highest BCUT2D eigenvalue weighted by Gasteiger charge is 2.30. The van der Waals surface area contributed by atoms with Gasteiger partial charge in [0.2, 0.25) is 10.0 Å². The largest absolute Gasteiger partial charge is 0.352 e. The minimum atomic E-state index is -3.53. The van der Waals surface area contributed by atoms with Crippen LogP contribution in [0.4, 0.5) is 17.5 Å². The number of anilines is 3. The lowest BCUT2D eigenvalue weighted by molar-refractivity contribution is 0.383. The number of nitrogens with zero attached hydrogens (tertiary/aromatic N) is 5. The second-order valence-electron chi connectivity index (χ2n) is 8.16. The van der Waals surface area contributed by atoms with E-state index in [1.165, 1.54) is 0 Å². The van der Waals surface area contributed by atoms with Crippen molar-refractivity contribution in [3.63, 3.8) is 0 Å². The maximum absolute atomic E-state index is 13.2. The van der Waals surface area contributed by atoms with E-state index in [0.29, 0.717) is 42.7 Å². The van der Waals surface area contributed by atoms with Gasteiger partial charge >= 0.3 is 0 Å². The van der Waals surface area contributed by atoms with Crippen molar-refractivity contribution in [2.24, 2.45) is 0 Å². The molecule has 1 aromatic carbocycles. The van der Waals surface area contributed by atoms with Crippen LogP contribution in [-0.2, 0) is 10.0 Å². The summed E-state index contributed by atoms with van der Waals surface area (Å²) in [6.07, 6.45) is 0. The Balaban J connectivity index is 1.42. The predicted octanol–water partition coefficient (Wildman–Crippen LogP) is 3.36. The first-order chi connectivity index (χ1) is 15.2. The average molecular weight is 453 g/mol. The van der Waals surface area contributed by atoms with Crippen molar-refractivity contribution in [1.82, 2.24) is 19.5 Å². The molecule has 1 saturated heterocycles. The number of nitrogens with one attached hydrogen (secondary N) is 1. The number of pyridine rings is 1. The smallest absolute Gasteiger partial charge is 0.243 e. The predicted molar refractivity (Wildman–Crippen MR) is 126 cm³/mol. The molecule has 0 radical (unpaired) electrons. The zero-order valence-corrected chi connectivity index (χ0v) is 19.6. The zero-order chi connectivity index (χ0) is 22.9. The maximum Gasteiger partial charge on any atom is 0.243 e. The van der Waals surface area contributed by atoms with Crippen molar-refractivity contribution in [3.8, 4) is 0 Å². The molecule has 0 amide bonds. The number of hydrogen-bond acceptors (Lipinski definition) is 7. The summed E-state index contributed by atoms with van der Waals surface area (Å²) in [5.41, 5.74) is 3.79. The molecule has 32 heavy (non-hydrogen) atoms. The minimum absolute atomic E-state index is 0.397. The van der Waals surface area contributed by atoms with Gasteiger partial charge < -0.3 is 10.2 Å². The molecular weight excluding hydrogens is 424 g/mol. The second-order valence-corrected chi connectivity index (χ2v) is 10.1. The van der Waals surface area contributed by atoms with E-state index in [1.807, 2.05) is 64.1 Å². The summed E-state index contributed by atoms with van der Waals surface area (Å²) in [4.78, 5) is 6.86. The topological polar surface area (TPSA) is 91.3 Å². The summed E-state index contributed by atoms with van der Waals surface area (Å²) in [7, 11) is -3.53. The third-order valence-corrected chi connectivity index (χ3v) is 7.81. The third kappa shape index (κ3) is 4.58. The quantitative estimate of drug-likeness (QED) is 0.635. The van der Waals surface area contributed by atoms with E-state index in [1.54, 1.807) is 10.4 Å². The van der Waals surface area contributed by atoms with Crippen LogP contribution in [0.2, 0.25) is 0 Å². The molecule has 1 aliphatic rings. The first kappa shape index (κ1) is 22.2. The number of aromatic nitrogens is 3. The van der Waals surface area contributed by atoms with E-state index in [0.717, 1.165) is 28.2 Å². The number of hydrogen-bond donors (Lipinski definition) is 1. The number of benzene rings is 1.